The van der Waals surface area contributed by atoms with E-state index in [1.54, 1.807) is 12.1 Å². The Balaban J connectivity index is 1.50. The summed E-state index contributed by atoms with van der Waals surface area (Å²) < 4.78 is 13.6. The molecule has 6 heteroatoms. The fourth-order valence-electron chi connectivity index (χ4n) is 2.76. The highest BCUT2D eigenvalue weighted by atomic mass is 19.1. The lowest BCUT2D eigenvalue weighted by Gasteiger charge is -2.13. The van der Waals surface area contributed by atoms with Crippen molar-refractivity contribution >= 4 is 11.8 Å². The predicted molar refractivity (Wildman–Crippen MR) is 93.2 cm³/mol. The van der Waals surface area contributed by atoms with Gasteiger partial charge in [0.15, 0.2) is 5.82 Å². The van der Waals surface area contributed by atoms with Crippen molar-refractivity contribution in [2.45, 2.75) is 38.6 Å². The summed E-state index contributed by atoms with van der Waals surface area (Å²) in [6, 6.07) is 6.68. The second-order valence-electron chi connectivity index (χ2n) is 5.90. The molecule has 2 aromatic rings. The van der Waals surface area contributed by atoms with E-state index in [4.69, 9.17) is 0 Å². The van der Waals surface area contributed by atoms with E-state index in [9.17, 15) is 4.39 Å². The summed E-state index contributed by atoms with van der Waals surface area (Å²) in [5, 5.41) is 14.2. The van der Waals surface area contributed by atoms with Gasteiger partial charge in [0.05, 0.1) is 6.20 Å². The summed E-state index contributed by atoms with van der Waals surface area (Å²) in [4.78, 5) is 4.36. The zero-order chi connectivity index (χ0) is 16.6. The predicted octanol–water partition coefficient (Wildman–Crippen LogP) is 3.93. The van der Waals surface area contributed by atoms with Gasteiger partial charge in [0, 0.05) is 18.7 Å². The first-order valence-corrected chi connectivity index (χ1v) is 8.40. The summed E-state index contributed by atoms with van der Waals surface area (Å²) in [6.45, 7) is 1.15. The Morgan fingerprint density at radius 2 is 2.04 bits per heavy atom. The maximum Gasteiger partial charge on any atom is 0.244 e. The topological polar surface area (TPSA) is 62.7 Å². The molecule has 1 aromatic heterocycles. The average molecular weight is 327 g/mol. The number of anilines is 2. The molecular weight excluding hydrogens is 305 g/mol. The summed E-state index contributed by atoms with van der Waals surface area (Å²) in [7, 11) is 0. The van der Waals surface area contributed by atoms with E-state index in [0.29, 0.717) is 23.9 Å². The molecule has 0 spiro atoms. The van der Waals surface area contributed by atoms with Gasteiger partial charge < -0.3 is 10.6 Å². The van der Waals surface area contributed by atoms with Crippen molar-refractivity contribution in [2.24, 2.45) is 0 Å². The van der Waals surface area contributed by atoms with Crippen molar-refractivity contribution in [1.82, 2.24) is 15.2 Å². The lowest BCUT2D eigenvalue weighted by Crippen LogP contribution is -2.10. The zero-order valence-corrected chi connectivity index (χ0v) is 13.6. The standard InChI is InChI=1S/C18H22FN5/c19-16-9-5-4-8-15(16)12-21-17-13-22-24-18(23-17)20-11-10-14-6-2-1-3-7-14/h4-6,8-9,13H,1-3,7,10-12H2,(H2,20,21,23,24). The number of hydrogen-bond donors (Lipinski definition) is 2. The molecule has 0 amide bonds. The summed E-state index contributed by atoms with van der Waals surface area (Å²) in [5.74, 6) is 0.837. The maximum atomic E-state index is 13.6. The minimum atomic E-state index is -0.230. The third kappa shape index (κ3) is 4.75. The molecule has 1 heterocycles. The lowest BCUT2D eigenvalue weighted by atomic mass is 9.97. The molecule has 0 radical (unpaired) electrons. The first-order valence-electron chi connectivity index (χ1n) is 8.40. The van der Waals surface area contributed by atoms with Crippen LogP contribution in [0, 0.1) is 5.82 Å². The minimum Gasteiger partial charge on any atom is -0.364 e. The Bertz CT molecular complexity index is 701. The number of halogens is 1. The molecule has 0 saturated heterocycles. The molecule has 0 atom stereocenters. The van der Waals surface area contributed by atoms with Gasteiger partial charge in [-0.15, -0.1) is 5.10 Å². The van der Waals surface area contributed by atoms with E-state index in [1.165, 1.54) is 43.5 Å². The summed E-state index contributed by atoms with van der Waals surface area (Å²) in [5.41, 5.74) is 2.10. The Morgan fingerprint density at radius 1 is 1.12 bits per heavy atom. The second kappa shape index (κ2) is 8.38. The maximum absolute atomic E-state index is 13.6. The Kier molecular flexibility index (Phi) is 5.71. The second-order valence-corrected chi connectivity index (χ2v) is 5.90. The number of benzene rings is 1. The van der Waals surface area contributed by atoms with Crippen LogP contribution in [0.4, 0.5) is 16.2 Å². The highest BCUT2D eigenvalue weighted by Gasteiger charge is 2.05. The number of rotatable bonds is 7. The molecule has 24 heavy (non-hydrogen) atoms. The van der Waals surface area contributed by atoms with Crippen LogP contribution in [-0.2, 0) is 6.54 Å². The Hall–Kier alpha value is -2.50. The van der Waals surface area contributed by atoms with Crippen LogP contribution in [-0.4, -0.2) is 21.7 Å². The normalized spacial score (nSPS) is 14.1. The van der Waals surface area contributed by atoms with Crippen molar-refractivity contribution < 1.29 is 4.39 Å². The third-order valence-electron chi connectivity index (χ3n) is 4.09. The molecule has 0 unspecified atom stereocenters. The van der Waals surface area contributed by atoms with E-state index < -0.39 is 0 Å². The van der Waals surface area contributed by atoms with Gasteiger partial charge in [0.25, 0.3) is 0 Å². The number of allylic oxidation sites excluding steroid dienone is 1. The van der Waals surface area contributed by atoms with E-state index in [0.717, 1.165) is 13.0 Å². The average Bonchev–Trinajstić information content (AvgIpc) is 2.62. The Morgan fingerprint density at radius 3 is 2.88 bits per heavy atom. The van der Waals surface area contributed by atoms with Crippen molar-refractivity contribution in [2.75, 3.05) is 17.2 Å². The monoisotopic (exact) mass is 327 g/mol. The molecule has 3 rings (SSSR count). The number of aromatic nitrogens is 3. The van der Waals surface area contributed by atoms with Gasteiger partial charge in [0.2, 0.25) is 5.95 Å². The van der Waals surface area contributed by atoms with Crippen molar-refractivity contribution in [3.63, 3.8) is 0 Å². The van der Waals surface area contributed by atoms with Crippen LogP contribution in [0.3, 0.4) is 0 Å². The van der Waals surface area contributed by atoms with E-state index in [1.807, 2.05) is 6.07 Å². The van der Waals surface area contributed by atoms with Gasteiger partial charge in [-0.05, 0) is 38.2 Å². The first kappa shape index (κ1) is 16.4. The number of nitrogens with one attached hydrogen (secondary N) is 2. The molecule has 0 fully saturated rings. The van der Waals surface area contributed by atoms with Crippen molar-refractivity contribution in [3.8, 4) is 0 Å². The van der Waals surface area contributed by atoms with Crippen LogP contribution in [0.15, 0.2) is 42.1 Å². The van der Waals surface area contributed by atoms with Crippen LogP contribution < -0.4 is 10.6 Å². The van der Waals surface area contributed by atoms with Gasteiger partial charge in [-0.25, -0.2) is 4.39 Å². The molecule has 0 bridgehead atoms. The minimum absolute atomic E-state index is 0.230. The van der Waals surface area contributed by atoms with Gasteiger partial charge >= 0.3 is 0 Å². The Labute approximate surface area is 141 Å². The summed E-state index contributed by atoms with van der Waals surface area (Å²) in [6.07, 6.45) is 9.88. The van der Waals surface area contributed by atoms with Crippen molar-refractivity contribution in [3.05, 3.63) is 53.5 Å². The molecule has 0 saturated carbocycles. The van der Waals surface area contributed by atoms with E-state index in [-0.39, 0.29) is 5.82 Å². The number of nitrogens with zero attached hydrogens (tertiary/aromatic N) is 3. The molecule has 2 N–H and O–H groups in total. The highest BCUT2D eigenvalue weighted by Crippen LogP contribution is 2.19. The van der Waals surface area contributed by atoms with E-state index in [2.05, 4.69) is 31.9 Å². The van der Waals surface area contributed by atoms with Crippen LogP contribution >= 0.6 is 0 Å². The quantitative estimate of drug-likeness (QED) is 0.755. The molecule has 1 aromatic carbocycles. The summed E-state index contributed by atoms with van der Waals surface area (Å²) >= 11 is 0. The lowest BCUT2D eigenvalue weighted by molar-refractivity contribution is 0.613. The smallest absolute Gasteiger partial charge is 0.244 e. The van der Waals surface area contributed by atoms with Gasteiger partial charge in [0.1, 0.15) is 5.82 Å². The van der Waals surface area contributed by atoms with Crippen molar-refractivity contribution in [1.29, 1.82) is 0 Å². The fourth-order valence-corrected chi connectivity index (χ4v) is 2.76. The van der Waals surface area contributed by atoms with Crippen LogP contribution in [0.5, 0.6) is 0 Å². The SMILES string of the molecule is Fc1ccccc1CNc1cnnc(NCCC2=CCCCC2)n1. The largest absolute Gasteiger partial charge is 0.364 e. The number of hydrogen-bond acceptors (Lipinski definition) is 5. The van der Waals surface area contributed by atoms with E-state index >= 15 is 0 Å². The van der Waals surface area contributed by atoms with Gasteiger partial charge in [-0.2, -0.15) is 10.1 Å². The van der Waals surface area contributed by atoms with Gasteiger partial charge in [-0.1, -0.05) is 29.8 Å². The molecular formula is C18H22FN5. The van der Waals surface area contributed by atoms with Crippen LogP contribution in [0.25, 0.3) is 0 Å². The highest BCUT2D eigenvalue weighted by molar-refractivity contribution is 5.38. The molecule has 126 valence electrons. The first-order chi connectivity index (χ1) is 11.8. The van der Waals surface area contributed by atoms with Crippen LogP contribution in [0.1, 0.15) is 37.7 Å². The van der Waals surface area contributed by atoms with Crippen LogP contribution in [0.2, 0.25) is 0 Å². The third-order valence-corrected chi connectivity index (χ3v) is 4.09. The molecule has 0 aliphatic heterocycles. The fraction of sp³-hybridized carbons (Fsp3) is 0.389. The molecule has 5 nitrogen and oxygen atoms in total. The van der Waals surface area contributed by atoms with Gasteiger partial charge in [-0.3, -0.25) is 0 Å². The zero-order valence-electron chi connectivity index (χ0n) is 13.6. The molecule has 1 aliphatic carbocycles. The molecule has 1 aliphatic rings.